The molecular formula is C11H11NO3. The quantitative estimate of drug-likeness (QED) is 0.532. The predicted octanol–water partition coefficient (Wildman–Crippen LogP) is 0.920. The van der Waals surface area contributed by atoms with Crippen molar-refractivity contribution in [2.24, 2.45) is 0 Å². The molecule has 1 aromatic rings. The van der Waals surface area contributed by atoms with Crippen molar-refractivity contribution in [1.82, 2.24) is 0 Å². The van der Waals surface area contributed by atoms with Crippen molar-refractivity contribution in [3.8, 4) is 0 Å². The second kappa shape index (κ2) is 3.73. The first-order chi connectivity index (χ1) is 7.27. The molecule has 1 atom stereocenters. The number of hydrogen-bond acceptors (Lipinski definition) is 3. The van der Waals surface area contributed by atoms with Gasteiger partial charge in [-0.15, -0.1) is 0 Å². The van der Waals surface area contributed by atoms with Crippen molar-refractivity contribution in [2.45, 2.75) is 5.92 Å². The molecular weight excluding hydrogens is 194 g/mol. The van der Waals surface area contributed by atoms with Crippen molar-refractivity contribution in [2.75, 3.05) is 18.6 Å². The molecule has 0 fully saturated rings. The summed E-state index contributed by atoms with van der Waals surface area (Å²) in [6.45, 7) is 0.371. The Bertz CT molecular complexity index is 403. The molecule has 2 rings (SSSR count). The van der Waals surface area contributed by atoms with E-state index in [1.165, 1.54) is 12.0 Å². The van der Waals surface area contributed by atoms with Crippen LogP contribution in [0.4, 0.5) is 5.69 Å². The second-order valence-electron chi connectivity index (χ2n) is 3.39. The second-order valence-corrected chi connectivity index (χ2v) is 3.39. The van der Waals surface area contributed by atoms with Gasteiger partial charge < -0.3 is 9.64 Å². The zero-order valence-corrected chi connectivity index (χ0v) is 8.34. The highest BCUT2D eigenvalue weighted by molar-refractivity contribution is 5.90. The number of ether oxygens (including phenoxy) is 1. The van der Waals surface area contributed by atoms with E-state index >= 15 is 0 Å². The summed E-state index contributed by atoms with van der Waals surface area (Å²) in [5.41, 5.74) is 1.65. The minimum Gasteiger partial charge on any atom is -0.468 e. The third-order valence-corrected chi connectivity index (χ3v) is 2.61. The molecule has 1 aromatic carbocycles. The van der Waals surface area contributed by atoms with E-state index in [0.717, 1.165) is 17.7 Å². The average Bonchev–Trinajstić information content (AvgIpc) is 2.67. The first-order valence-corrected chi connectivity index (χ1v) is 4.66. The molecule has 1 amide bonds. The van der Waals surface area contributed by atoms with Gasteiger partial charge in [0.1, 0.15) is 5.92 Å². The Hall–Kier alpha value is -1.84. The van der Waals surface area contributed by atoms with Crippen molar-refractivity contribution >= 4 is 18.1 Å². The minimum atomic E-state index is -0.351. The van der Waals surface area contributed by atoms with Gasteiger partial charge in [0.2, 0.25) is 6.41 Å². The maximum absolute atomic E-state index is 11.5. The van der Waals surface area contributed by atoms with Gasteiger partial charge in [0.25, 0.3) is 0 Å². The molecule has 1 aliphatic heterocycles. The van der Waals surface area contributed by atoms with E-state index < -0.39 is 0 Å². The maximum Gasteiger partial charge on any atom is 0.315 e. The average molecular weight is 205 g/mol. The van der Waals surface area contributed by atoms with Gasteiger partial charge in [0.05, 0.1) is 7.11 Å². The van der Waals surface area contributed by atoms with Gasteiger partial charge in [-0.2, -0.15) is 0 Å². The van der Waals surface area contributed by atoms with Crippen LogP contribution in [0.5, 0.6) is 0 Å². The van der Waals surface area contributed by atoms with Crippen LogP contribution in [0.1, 0.15) is 11.5 Å². The van der Waals surface area contributed by atoms with Crippen molar-refractivity contribution in [1.29, 1.82) is 0 Å². The lowest BCUT2D eigenvalue weighted by Crippen LogP contribution is -2.23. The number of rotatable bonds is 2. The van der Waals surface area contributed by atoms with Gasteiger partial charge in [-0.25, -0.2) is 0 Å². The maximum atomic E-state index is 11.5. The first-order valence-electron chi connectivity index (χ1n) is 4.66. The number of methoxy groups -OCH3 is 1. The molecule has 0 aromatic heterocycles. The highest BCUT2D eigenvalue weighted by atomic mass is 16.5. The predicted molar refractivity (Wildman–Crippen MR) is 54.6 cm³/mol. The van der Waals surface area contributed by atoms with Crippen molar-refractivity contribution < 1.29 is 14.3 Å². The van der Waals surface area contributed by atoms with Crippen LogP contribution >= 0.6 is 0 Å². The monoisotopic (exact) mass is 205 g/mol. The Morgan fingerprint density at radius 2 is 2.27 bits per heavy atom. The Morgan fingerprint density at radius 1 is 1.53 bits per heavy atom. The molecule has 78 valence electrons. The van der Waals surface area contributed by atoms with Gasteiger partial charge >= 0.3 is 5.97 Å². The van der Waals surface area contributed by atoms with Gasteiger partial charge in [-0.1, -0.05) is 18.2 Å². The SMILES string of the molecule is COC(=O)C1CN(C=O)c2ccccc21. The number of carbonyl (C=O) groups excluding carboxylic acids is 2. The van der Waals surface area contributed by atoms with Crippen LogP contribution in [0.25, 0.3) is 0 Å². The topological polar surface area (TPSA) is 46.6 Å². The van der Waals surface area contributed by atoms with Gasteiger partial charge in [-0.05, 0) is 11.6 Å². The van der Waals surface area contributed by atoms with Gasteiger partial charge in [-0.3, -0.25) is 9.59 Å². The molecule has 0 bridgehead atoms. The Labute approximate surface area is 87.4 Å². The largest absolute Gasteiger partial charge is 0.468 e. The number of nitrogens with zero attached hydrogens (tertiary/aromatic N) is 1. The molecule has 4 nitrogen and oxygen atoms in total. The zero-order chi connectivity index (χ0) is 10.8. The van der Waals surface area contributed by atoms with Crippen molar-refractivity contribution in [3.05, 3.63) is 29.8 Å². The molecule has 15 heavy (non-hydrogen) atoms. The molecule has 0 saturated heterocycles. The number of hydrogen-bond donors (Lipinski definition) is 0. The molecule has 1 aliphatic rings. The molecule has 0 spiro atoms. The van der Waals surface area contributed by atoms with Crippen LogP contribution in [0.3, 0.4) is 0 Å². The Kier molecular flexibility index (Phi) is 2.41. The fraction of sp³-hybridized carbons (Fsp3) is 0.273. The highest BCUT2D eigenvalue weighted by Crippen LogP contribution is 2.35. The molecule has 1 unspecified atom stereocenters. The van der Waals surface area contributed by atoms with Crippen LogP contribution in [-0.2, 0) is 14.3 Å². The van der Waals surface area contributed by atoms with E-state index in [0.29, 0.717) is 6.54 Å². The lowest BCUT2D eigenvalue weighted by molar-refractivity contribution is -0.142. The summed E-state index contributed by atoms with van der Waals surface area (Å²) in [6, 6.07) is 7.37. The first kappa shape index (κ1) is 9.71. The minimum absolute atomic E-state index is 0.299. The summed E-state index contributed by atoms with van der Waals surface area (Å²) in [5, 5.41) is 0. The van der Waals surface area contributed by atoms with Crippen molar-refractivity contribution in [3.63, 3.8) is 0 Å². The third-order valence-electron chi connectivity index (χ3n) is 2.61. The van der Waals surface area contributed by atoms with E-state index in [4.69, 9.17) is 4.74 Å². The lowest BCUT2D eigenvalue weighted by Gasteiger charge is -2.09. The summed E-state index contributed by atoms with van der Waals surface area (Å²) >= 11 is 0. The van der Waals surface area contributed by atoms with E-state index in [9.17, 15) is 9.59 Å². The van der Waals surface area contributed by atoms with Crippen LogP contribution in [0.2, 0.25) is 0 Å². The zero-order valence-electron chi connectivity index (χ0n) is 8.34. The smallest absolute Gasteiger partial charge is 0.315 e. The third kappa shape index (κ3) is 1.48. The van der Waals surface area contributed by atoms with Crippen LogP contribution in [0.15, 0.2) is 24.3 Å². The number of fused-ring (bicyclic) bond motifs is 1. The number of esters is 1. The number of carbonyl (C=O) groups is 2. The summed E-state index contributed by atoms with van der Waals surface area (Å²) in [7, 11) is 1.36. The fourth-order valence-electron chi connectivity index (χ4n) is 1.88. The van der Waals surface area contributed by atoms with Gasteiger partial charge in [0, 0.05) is 12.2 Å². The number of anilines is 1. The Balaban J connectivity index is 2.41. The summed E-state index contributed by atoms with van der Waals surface area (Å²) < 4.78 is 4.70. The summed E-state index contributed by atoms with van der Waals surface area (Å²) in [5.74, 6) is -0.650. The highest BCUT2D eigenvalue weighted by Gasteiger charge is 2.33. The Morgan fingerprint density at radius 3 is 2.93 bits per heavy atom. The molecule has 0 N–H and O–H groups in total. The molecule has 0 radical (unpaired) electrons. The van der Waals surface area contributed by atoms with E-state index in [-0.39, 0.29) is 11.9 Å². The lowest BCUT2D eigenvalue weighted by atomic mass is 10.0. The van der Waals surface area contributed by atoms with E-state index in [1.807, 2.05) is 24.3 Å². The van der Waals surface area contributed by atoms with Crippen LogP contribution < -0.4 is 4.90 Å². The van der Waals surface area contributed by atoms with Crippen LogP contribution in [-0.4, -0.2) is 26.0 Å². The number of para-hydroxylation sites is 1. The van der Waals surface area contributed by atoms with E-state index in [2.05, 4.69) is 0 Å². The number of amides is 1. The molecule has 0 saturated carbocycles. The summed E-state index contributed by atoms with van der Waals surface area (Å²) in [4.78, 5) is 23.8. The van der Waals surface area contributed by atoms with Crippen LogP contribution in [0, 0.1) is 0 Å². The summed E-state index contributed by atoms with van der Waals surface area (Å²) in [6.07, 6.45) is 0.738. The fourth-order valence-corrected chi connectivity index (χ4v) is 1.88. The molecule has 1 heterocycles. The normalized spacial score (nSPS) is 18.5. The van der Waals surface area contributed by atoms with E-state index in [1.54, 1.807) is 0 Å². The van der Waals surface area contributed by atoms with Gasteiger partial charge in [0.15, 0.2) is 0 Å². The standard InChI is InChI=1S/C11H11NO3/c1-15-11(14)9-6-12(7-13)10-5-3-2-4-8(9)10/h2-5,7,9H,6H2,1H3. The molecule has 4 heteroatoms. The molecule has 0 aliphatic carbocycles. The number of benzene rings is 1.